The topological polar surface area (TPSA) is 55.8 Å². The lowest BCUT2D eigenvalue weighted by Crippen LogP contribution is -2.51. The molecule has 4 rings (SSSR count). The van der Waals surface area contributed by atoms with Crippen molar-refractivity contribution in [3.8, 4) is 0 Å². The van der Waals surface area contributed by atoms with Crippen molar-refractivity contribution in [1.29, 1.82) is 0 Å². The molecule has 8 unspecified atom stereocenters. The maximum Gasteiger partial charge on any atom is 0.306 e. The van der Waals surface area contributed by atoms with E-state index in [9.17, 15) is 4.79 Å². The lowest BCUT2D eigenvalue weighted by atomic mass is 9.47. The molecule has 0 saturated heterocycles. The van der Waals surface area contributed by atoms with Crippen LogP contribution in [0, 0.1) is 46.3 Å². The molecule has 49 heavy (non-hydrogen) atoms. The molecule has 3 saturated carbocycles. The van der Waals surface area contributed by atoms with Crippen LogP contribution >= 0.6 is 0 Å². The lowest BCUT2D eigenvalue weighted by molar-refractivity contribution is -0.151. The Bertz CT molecular complexity index is 973. The van der Waals surface area contributed by atoms with Crippen LogP contribution in [0.3, 0.4) is 0 Å². The smallest absolute Gasteiger partial charge is 0.306 e. The van der Waals surface area contributed by atoms with E-state index in [0.29, 0.717) is 23.9 Å². The van der Waals surface area contributed by atoms with Crippen molar-refractivity contribution >= 4 is 5.97 Å². The molecule has 0 aromatic rings. The number of aliphatic hydroxyl groups excluding tert-OH is 1. The van der Waals surface area contributed by atoms with Crippen LogP contribution < -0.4 is 0 Å². The van der Waals surface area contributed by atoms with Crippen LogP contribution in [0.2, 0.25) is 0 Å². The first-order chi connectivity index (χ1) is 23.7. The number of unbranched alkanes of at least 4 members (excludes halogenated alkanes) is 12. The van der Waals surface area contributed by atoms with Gasteiger partial charge in [0.05, 0.1) is 13.2 Å². The van der Waals surface area contributed by atoms with Crippen LogP contribution in [-0.4, -0.2) is 37.0 Å². The Balaban J connectivity index is 1.07. The minimum absolute atomic E-state index is 0.0496. The third-order valence-corrected chi connectivity index (χ3v) is 14.5. The fourth-order valence-corrected chi connectivity index (χ4v) is 11.6. The van der Waals surface area contributed by atoms with Crippen molar-refractivity contribution < 1.29 is 19.4 Å². The van der Waals surface area contributed by atoms with Gasteiger partial charge in [-0.25, -0.2) is 0 Å². The third-order valence-electron chi connectivity index (χ3n) is 14.5. The Kier molecular flexibility index (Phi) is 17.5. The van der Waals surface area contributed by atoms with Crippen molar-refractivity contribution in [2.24, 2.45) is 46.3 Å². The first kappa shape index (κ1) is 40.9. The quantitative estimate of drug-likeness (QED) is 0.0624. The fraction of sp³-hybridized carbons (Fsp3) is 0.933. The zero-order valence-corrected chi connectivity index (χ0v) is 33.1. The molecule has 1 N–H and O–H groups in total. The first-order valence-electron chi connectivity index (χ1n) is 21.8. The maximum absolute atomic E-state index is 12.8. The van der Waals surface area contributed by atoms with Gasteiger partial charge in [-0.1, -0.05) is 136 Å². The monoisotopic (exact) mass is 685 g/mol. The summed E-state index contributed by atoms with van der Waals surface area (Å²) in [6.07, 6.45) is 34.4. The number of hydrogen-bond acceptors (Lipinski definition) is 4. The zero-order chi connectivity index (χ0) is 35.1. The Morgan fingerprint density at radius 3 is 2.08 bits per heavy atom. The molecule has 3 fully saturated rings. The fourth-order valence-electron chi connectivity index (χ4n) is 11.6. The van der Waals surface area contributed by atoms with Crippen molar-refractivity contribution in [1.82, 2.24) is 0 Å². The summed E-state index contributed by atoms with van der Waals surface area (Å²) < 4.78 is 11.4. The molecule has 8 atom stereocenters. The van der Waals surface area contributed by atoms with Crippen LogP contribution in [0.4, 0.5) is 0 Å². The van der Waals surface area contributed by atoms with E-state index in [1.807, 2.05) is 0 Å². The Hall–Kier alpha value is -0.870. The van der Waals surface area contributed by atoms with Gasteiger partial charge in [0, 0.05) is 19.4 Å². The van der Waals surface area contributed by atoms with Crippen LogP contribution in [0.15, 0.2) is 11.6 Å². The molecule has 4 aliphatic rings. The van der Waals surface area contributed by atoms with Crippen molar-refractivity contribution in [3.05, 3.63) is 11.6 Å². The second-order valence-electron chi connectivity index (χ2n) is 18.3. The summed E-state index contributed by atoms with van der Waals surface area (Å²) in [5.41, 5.74) is 2.51. The highest BCUT2D eigenvalue weighted by molar-refractivity contribution is 5.69. The van der Waals surface area contributed by atoms with Gasteiger partial charge in [-0.15, -0.1) is 0 Å². The SMILES string of the molecule is CC(C)CCCC(C)C1CCC2C3CC=C4CC(OC(=O)CCCCCCCCCCCCCCCOCCO)CCC4(C)C3CCC12C. The minimum atomic E-state index is 0.0496. The molecule has 0 aromatic carbocycles. The second-order valence-corrected chi connectivity index (χ2v) is 18.3. The molecule has 0 amide bonds. The summed E-state index contributed by atoms with van der Waals surface area (Å²) >= 11 is 0. The van der Waals surface area contributed by atoms with E-state index >= 15 is 0 Å². The van der Waals surface area contributed by atoms with Crippen molar-refractivity contribution in [3.63, 3.8) is 0 Å². The predicted octanol–water partition coefficient (Wildman–Crippen LogP) is 12.4. The average molecular weight is 685 g/mol. The van der Waals surface area contributed by atoms with E-state index in [4.69, 9.17) is 14.6 Å². The van der Waals surface area contributed by atoms with E-state index in [0.717, 1.165) is 74.2 Å². The summed E-state index contributed by atoms with van der Waals surface area (Å²) in [6.45, 7) is 14.0. The van der Waals surface area contributed by atoms with Crippen LogP contribution in [0.25, 0.3) is 0 Å². The number of carbonyl (C=O) groups excluding carboxylic acids is 1. The van der Waals surface area contributed by atoms with Crippen LogP contribution in [0.5, 0.6) is 0 Å². The molecule has 4 nitrogen and oxygen atoms in total. The number of hydrogen-bond donors (Lipinski definition) is 1. The van der Waals surface area contributed by atoms with E-state index < -0.39 is 0 Å². The number of fused-ring (bicyclic) bond motifs is 5. The van der Waals surface area contributed by atoms with Crippen LogP contribution in [-0.2, 0) is 14.3 Å². The summed E-state index contributed by atoms with van der Waals surface area (Å²) in [7, 11) is 0. The average Bonchev–Trinajstić information content (AvgIpc) is 3.43. The lowest BCUT2D eigenvalue weighted by Gasteiger charge is -2.58. The van der Waals surface area contributed by atoms with Gasteiger partial charge < -0.3 is 14.6 Å². The molecule has 0 spiro atoms. The predicted molar refractivity (Wildman–Crippen MR) is 205 cm³/mol. The van der Waals surface area contributed by atoms with E-state index in [-0.39, 0.29) is 18.7 Å². The van der Waals surface area contributed by atoms with Gasteiger partial charge in [0.2, 0.25) is 0 Å². The van der Waals surface area contributed by atoms with Gasteiger partial charge in [0.15, 0.2) is 0 Å². The molecule has 284 valence electrons. The molecule has 0 aliphatic heterocycles. The number of rotatable bonds is 24. The van der Waals surface area contributed by atoms with Gasteiger partial charge in [-0.2, -0.15) is 0 Å². The second kappa shape index (κ2) is 21.0. The molecule has 0 radical (unpaired) electrons. The standard InChI is InChI=1S/C45H80O4/c1-35(2)20-19-21-36(3)40-25-26-41-39-24-23-37-34-38(27-29-44(37,4)42(39)28-30-45(40,41)5)49-43(47)22-17-15-13-11-9-7-6-8-10-12-14-16-18-32-48-33-31-46/h23,35-36,38-42,46H,6-22,24-34H2,1-5H3. The molecule has 4 heteroatoms. The summed E-state index contributed by atoms with van der Waals surface area (Å²) in [5, 5.41) is 8.72. The highest BCUT2D eigenvalue weighted by atomic mass is 16.5. The van der Waals surface area contributed by atoms with Gasteiger partial charge in [0.1, 0.15) is 6.10 Å². The van der Waals surface area contributed by atoms with Gasteiger partial charge in [-0.05, 0) is 104 Å². The third kappa shape index (κ3) is 11.8. The van der Waals surface area contributed by atoms with E-state index in [1.54, 1.807) is 5.57 Å². The van der Waals surface area contributed by atoms with Gasteiger partial charge in [0.25, 0.3) is 0 Å². The van der Waals surface area contributed by atoms with Gasteiger partial charge in [-0.3, -0.25) is 4.79 Å². The Labute approximate surface area is 303 Å². The first-order valence-corrected chi connectivity index (χ1v) is 21.8. The van der Waals surface area contributed by atoms with E-state index in [2.05, 4.69) is 40.7 Å². The van der Waals surface area contributed by atoms with Crippen LogP contribution in [0.1, 0.15) is 195 Å². The minimum Gasteiger partial charge on any atom is -0.462 e. The largest absolute Gasteiger partial charge is 0.462 e. The zero-order valence-electron chi connectivity index (χ0n) is 33.1. The molecule has 4 aliphatic carbocycles. The molecular formula is C45H80O4. The Morgan fingerprint density at radius 2 is 1.43 bits per heavy atom. The summed E-state index contributed by atoms with van der Waals surface area (Å²) in [6, 6.07) is 0. The normalized spacial score (nSPS) is 31.6. The Morgan fingerprint density at radius 1 is 0.776 bits per heavy atom. The molecule has 0 bridgehead atoms. The maximum atomic E-state index is 12.8. The molecular weight excluding hydrogens is 604 g/mol. The number of ether oxygens (including phenoxy) is 2. The number of esters is 1. The highest BCUT2D eigenvalue weighted by Crippen LogP contribution is 2.67. The number of allylic oxidation sites excluding steroid dienone is 1. The summed E-state index contributed by atoms with van der Waals surface area (Å²) in [4.78, 5) is 12.8. The van der Waals surface area contributed by atoms with Crippen molar-refractivity contribution in [2.45, 2.75) is 201 Å². The number of carbonyl (C=O) groups is 1. The molecule has 0 aromatic heterocycles. The highest BCUT2D eigenvalue weighted by Gasteiger charge is 2.59. The number of aliphatic hydroxyl groups is 1. The molecule has 0 heterocycles. The van der Waals surface area contributed by atoms with E-state index in [1.165, 1.54) is 122 Å². The van der Waals surface area contributed by atoms with Crippen molar-refractivity contribution in [2.75, 3.05) is 19.8 Å². The summed E-state index contributed by atoms with van der Waals surface area (Å²) in [5.74, 6) is 5.28. The van der Waals surface area contributed by atoms with Gasteiger partial charge >= 0.3 is 5.97 Å².